The zero-order valence-electron chi connectivity index (χ0n) is 7.49. The molecule has 1 atom stereocenters. The van der Waals surface area contributed by atoms with Crippen LogP contribution >= 0.6 is 0 Å². The van der Waals surface area contributed by atoms with Gasteiger partial charge in [0.15, 0.2) is 0 Å². The molecule has 0 bridgehead atoms. The number of methoxy groups -OCH3 is 1. The first-order valence-electron chi connectivity index (χ1n) is 3.73. The smallest absolute Gasteiger partial charge is 0.321 e. The van der Waals surface area contributed by atoms with Crippen LogP contribution in [0.1, 0.15) is 0 Å². The van der Waals surface area contributed by atoms with Crippen molar-refractivity contribution >= 4 is 5.97 Å². The van der Waals surface area contributed by atoms with Crippen molar-refractivity contribution in [1.82, 2.24) is 4.90 Å². The van der Waals surface area contributed by atoms with Crippen LogP contribution in [0.2, 0.25) is 0 Å². The summed E-state index contributed by atoms with van der Waals surface area (Å²) in [6.07, 6.45) is 0. The molecular weight excluding hydrogens is 160 g/mol. The summed E-state index contributed by atoms with van der Waals surface area (Å²) in [6.45, 7) is 1.62. The molecule has 0 fully saturated rings. The Morgan fingerprint density at radius 2 is 2.33 bits per heavy atom. The van der Waals surface area contributed by atoms with Crippen molar-refractivity contribution in [2.45, 2.75) is 6.04 Å². The molecule has 0 aliphatic rings. The summed E-state index contributed by atoms with van der Waals surface area (Å²) < 4.78 is 4.82. The predicted molar refractivity (Wildman–Crippen MR) is 45.0 cm³/mol. The van der Waals surface area contributed by atoms with Crippen LogP contribution in [0.3, 0.4) is 0 Å². The van der Waals surface area contributed by atoms with Gasteiger partial charge in [0, 0.05) is 20.2 Å². The molecule has 5 heteroatoms. The topological polar surface area (TPSA) is 75.8 Å². The molecule has 0 spiro atoms. The number of carboxylic acids is 1. The summed E-state index contributed by atoms with van der Waals surface area (Å²) in [5.41, 5.74) is 5.31. The Hall–Kier alpha value is -0.650. The average molecular weight is 176 g/mol. The fourth-order valence-electron chi connectivity index (χ4n) is 0.752. The highest BCUT2D eigenvalue weighted by molar-refractivity contribution is 5.73. The largest absolute Gasteiger partial charge is 0.480 e. The summed E-state index contributed by atoms with van der Waals surface area (Å²) in [4.78, 5) is 12.1. The molecule has 1 unspecified atom stereocenters. The second kappa shape index (κ2) is 5.93. The molecule has 0 aliphatic carbocycles. The minimum atomic E-state index is -0.973. The number of likely N-dealkylation sites (N-methyl/N-ethyl adjacent to an activating group) is 1. The van der Waals surface area contributed by atoms with Gasteiger partial charge in [-0.1, -0.05) is 0 Å². The molecular formula is C7H16N2O3. The second-order valence-electron chi connectivity index (χ2n) is 2.70. The van der Waals surface area contributed by atoms with Crippen LogP contribution in [0.5, 0.6) is 0 Å². The summed E-state index contributed by atoms with van der Waals surface area (Å²) in [6, 6.07) is -0.813. The van der Waals surface area contributed by atoms with Crippen molar-refractivity contribution in [2.75, 3.05) is 33.9 Å². The van der Waals surface area contributed by atoms with E-state index >= 15 is 0 Å². The lowest BCUT2D eigenvalue weighted by Crippen LogP contribution is -2.42. The Labute approximate surface area is 72.1 Å². The van der Waals surface area contributed by atoms with E-state index in [1.54, 1.807) is 7.11 Å². The number of carboxylic acid groups (broad SMARTS) is 1. The first-order chi connectivity index (χ1) is 5.57. The molecule has 0 amide bonds. The van der Waals surface area contributed by atoms with Crippen molar-refractivity contribution in [1.29, 1.82) is 0 Å². The number of rotatable bonds is 6. The zero-order chi connectivity index (χ0) is 9.56. The van der Waals surface area contributed by atoms with Gasteiger partial charge in [0.1, 0.15) is 6.04 Å². The lowest BCUT2D eigenvalue weighted by Gasteiger charge is -2.17. The van der Waals surface area contributed by atoms with Crippen LogP contribution in [-0.2, 0) is 9.53 Å². The minimum Gasteiger partial charge on any atom is -0.480 e. The first-order valence-corrected chi connectivity index (χ1v) is 3.73. The van der Waals surface area contributed by atoms with E-state index in [1.807, 2.05) is 11.9 Å². The molecule has 5 nitrogen and oxygen atoms in total. The summed E-state index contributed by atoms with van der Waals surface area (Å²) in [5.74, 6) is -0.973. The highest BCUT2D eigenvalue weighted by Gasteiger charge is 2.13. The van der Waals surface area contributed by atoms with Crippen LogP contribution in [-0.4, -0.2) is 55.9 Å². The SMILES string of the molecule is COCCN(C)CC(N)C(=O)O. The van der Waals surface area contributed by atoms with Gasteiger partial charge in [-0.15, -0.1) is 0 Å². The van der Waals surface area contributed by atoms with E-state index in [0.717, 1.165) is 0 Å². The van der Waals surface area contributed by atoms with Gasteiger partial charge in [-0.05, 0) is 7.05 Å². The number of ether oxygens (including phenoxy) is 1. The van der Waals surface area contributed by atoms with Gasteiger partial charge in [0.25, 0.3) is 0 Å². The summed E-state index contributed by atoms with van der Waals surface area (Å²) in [5, 5.41) is 8.47. The first kappa shape index (κ1) is 11.4. The van der Waals surface area contributed by atoms with Gasteiger partial charge in [0.2, 0.25) is 0 Å². The quantitative estimate of drug-likeness (QED) is 0.541. The van der Waals surface area contributed by atoms with Crippen molar-refractivity contribution in [3.63, 3.8) is 0 Å². The third-order valence-corrected chi connectivity index (χ3v) is 1.50. The molecule has 0 saturated heterocycles. The third kappa shape index (κ3) is 5.06. The van der Waals surface area contributed by atoms with Crippen LogP contribution in [0, 0.1) is 0 Å². The van der Waals surface area contributed by atoms with E-state index in [0.29, 0.717) is 19.7 Å². The van der Waals surface area contributed by atoms with E-state index in [1.165, 1.54) is 0 Å². The predicted octanol–water partition coefficient (Wildman–Crippen LogP) is -1.02. The fourth-order valence-corrected chi connectivity index (χ4v) is 0.752. The Morgan fingerprint density at radius 1 is 1.75 bits per heavy atom. The minimum absolute atomic E-state index is 0.346. The molecule has 12 heavy (non-hydrogen) atoms. The van der Waals surface area contributed by atoms with Gasteiger partial charge in [-0.3, -0.25) is 4.79 Å². The number of nitrogens with two attached hydrogens (primary N) is 1. The van der Waals surface area contributed by atoms with Gasteiger partial charge in [-0.2, -0.15) is 0 Å². The Balaban J connectivity index is 3.53. The molecule has 0 aromatic carbocycles. The monoisotopic (exact) mass is 176 g/mol. The standard InChI is InChI=1S/C7H16N2O3/c1-9(3-4-12-2)5-6(8)7(10)11/h6H,3-5,8H2,1-2H3,(H,10,11). The molecule has 72 valence electrons. The summed E-state index contributed by atoms with van der Waals surface area (Å²) >= 11 is 0. The molecule has 0 aliphatic heterocycles. The van der Waals surface area contributed by atoms with E-state index in [4.69, 9.17) is 15.6 Å². The number of hydrogen-bond acceptors (Lipinski definition) is 4. The highest BCUT2D eigenvalue weighted by Crippen LogP contribution is 1.86. The number of aliphatic carboxylic acids is 1. The Kier molecular flexibility index (Phi) is 5.61. The van der Waals surface area contributed by atoms with Gasteiger partial charge in [0.05, 0.1) is 6.61 Å². The third-order valence-electron chi connectivity index (χ3n) is 1.50. The molecule has 0 saturated carbocycles. The van der Waals surface area contributed by atoms with Crippen molar-refractivity contribution in [3.8, 4) is 0 Å². The maximum absolute atomic E-state index is 10.3. The lowest BCUT2D eigenvalue weighted by molar-refractivity contribution is -0.138. The number of carbonyl (C=O) groups is 1. The van der Waals surface area contributed by atoms with E-state index < -0.39 is 12.0 Å². The van der Waals surface area contributed by atoms with Gasteiger partial charge in [-0.25, -0.2) is 0 Å². The van der Waals surface area contributed by atoms with Crippen LogP contribution in [0.15, 0.2) is 0 Å². The van der Waals surface area contributed by atoms with Crippen LogP contribution in [0.4, 0.5) is 0 Å². The molecule has 3 N–H and O–H groups in total. The van der Waals surface area contributed by atoms with Crippen molar-refractivity contribution in [2.24, 2.45) is 5.73 Å². The molecule has 0 aromatic heterocycles. The average Bonchev–Trinajstić information content (AvgIpc) is 2.00. The fraction of sp³-hybridized carbons (Fsp3) is 0.857. The Morgan fingerprint density at radius 3 is 2.75 bits per heavy atom. The molecule has 0 rings (SSSR count). The second-order valence-corrected chi connectivity index (χ2v) is 2.70. The zero-order valence-corrected chi connectivity index (χ0v) is 7.49. The van der Waals surface area contributed by atoms with E-state index in [9.17, 15) is 4.79 Å². The van der Waals surface area contributed by atoms with E-state index in [-0.39, 0.29) is 0 Å². The normalized spacial score (nSPS) is 13.3. The number of hydrogen-bond donors (Lipinski definition) is 2. The van der Waals surface area contributed by atoms with Crippen LogP contribution < -0.4 is 5.73 Å². The molecule has 0 aromatic rings. The summed E-state index contributed by atoms with van der Waals surface area (Å²) in [7, 11) is 3.41. The van der Waals surface area contributed by atoms with Gasteiger partial charge < -0.3 is 20.5 Å². The molecule has 0 radical (unpaired) electrons. The molecule has 0 heterocycles. The highest BCUT2D eigenvalue weighted by atomic mass is 16.5. The number of nitrogens with zero attached hydrogens (tertiary/aromatic N) is 1. The lowest BCUT2D eigenvalue weighted by atomic mass is 10.3. The van der Waals surface area contributed by atoms with Crippen molar-refractivity contribution < 1.29 is 14.6 Å². The van der Waals surface area contributed by atoms with Crippen molar-refractivity contribution in [3.05, 3.63) is 0 Å². The maximum atomic E-state index is 10.3. The van der Waals surface area contributed by atoms with E-state index in [2.05, 4.69) is 0 Å². The Bertz CT molecular complexity index is 141. The maximum Gasteiger partial charge on any atom is 0.321 e. The van der Waals surface area contributed by atoms with Crippen LogP contribution in [0.25, 0.3) is 0 Å². The van der Waals surface area contributed by atoms with Gasteiger partial charge >= 0.3 is 5.97 Å².